The standard InChI is InChI=1S/C6H12O6.Na.H4O7P2/c7-1-3(9)5(11)6(12)4(10)2-8;;1-8(2,3)7-9(4,5)6/h3,5-9,11-12H,1-2H2;;(H2,1,2,3)(H2,4,5,6)/q;+1;/t3-,5-,6-;;/m1../s1. The van der Waals surface area contributed by atoms with Crippen molar-refractivity contribution in [3.05, 3.63) is 0 Å². The van der Waals surface area contributed by atoms with Gasteiger partial charge >= 0.3 is 45.2 Å². The third-order valence-corrected chi connectivity index (χ3v) is 3.31. The first kappa shape index (κ1) is 27.6. The van der Waals surface area contributed by atoms with Crippen molar-refractivity contribution in [2.75, 3.05) is 13.2 Å². The second-order valence-corrected chi connectivity index (χ2v) is 5.99. The number of Topliss-reactive ketones (excluding diaryl/α,β-unsaturated/α-hetero) is 1. The van der Waals surface area contributed by atoms with E-state index in [0.29, 0.717) is 0 Å². The summed E-state index contributed by atoms with van der Waals surface area (Å²) in [7, 11) is -10.1. The first-order chi connectivity index (χ1) is 9.25. The average Bonchev–Trinajstić information content (AvgIpc) is 2.31. The molecule has 0 rings (SSSR count). The molecule has 0 aromatic heterocycles. The van der Waals surface area contributed by atoms with Crippen LogP contribution in [0.15, 0.2) is 0 Å². The first-order valence-corrected chi connectivity index (χ1v) is 7.92. The maximum absolute atomic E-state index is 10.5. The molecule has 0 unspecified atom stereocenters. The SMILES string of the molecule is O=C(CO)[C@@H](O)[C@H](O)[C@H](O)CO.O=P(O)(O)OP(=O)(O)O.[Na+]. The summed E-state index contributed by atoms with van der Waals surface area (Å²) in [5, 5.41) is 43.1. The Kier molecular flexibility index (Phi) is 15.2. The Labute approximate surface area is 146 Å². The molecule has 13 nitrogen and oxygen atoms in total. The van der Waals surface area contributed by atoms with Crippen LogP contribution < -0.4 is 29.6 Å². The molecule has 9 N–H and O–H groups in total. The summed E-state index contributed by atoms with van der Waals surface area (Å²) in [6, 6.07) is 0. The van der Waals surface area contributed by atoms with E-state index in [4.69, 9.17) is 45.1 Å². The van der Waals surface area contributed by atoms with Crippen LogP contribution in [0.2, 0.25) is 0 Å². The van der Waals surface area contributed by atoms with Gasteiger partial charge in [0.15, 0.2) is 5.78 Å². The number of hydrogen-bond donors (Lipinski definition) is 9. The normalized spacial score (nSPS) is 15.7. The molecule has 0 saturated carbocycles. The minimum atomic E-state index is -5.05. The minimum absolute atomic E-state index is 0. The van der Waals surface area contributed by atoms with Crippen LogP contribution in [-0.2, 0) is 18.2 Å². The molecule has 0 spiro atoms. The number of phosphoric acid groups is 2. The third kappa shape index (κ3) is 15.6. The number of carbonyl (C=O) groups is 1. The van der Waals surface area contributed by atoms with Gasteiger partial charge < -0.3 is 45.1 Å². The fourth-order valence-electron chi connectivity index (χ4n) is 0.741. The summed E-state index contributed by atoms with van der Waals surface area (Å²) in [6.45, 7) is -1.69. The number of carbonyl (C=O) groups excluding carboxylic acids is 1. The Balaban J connectivity index is -0.000000326. The number of hydrogen-bond acceptors (Lipinski definition) is 9. The van der Waals surface area contributed by atoms with Gasteiger partial charge in [-0.25, -0.2) is 9.13 Å². The molecular formula is C6H16NaO13P2+. The van der Waals surface area contributed by atoms with E-state index in [1.54, 1.807) is 0 Å². The van der Waals surface area contributed by atoms with Crippen LogP contribution in [0.25, 0.3) is 0 Å². The number of aliphatic hydroxyl groups is 5. The molecule has 0 saturated heterocycles. The van der Waals surface area contributed by atoms with Crippen molar-refractivity contribution in [2.45, 2.75) is 18.3 Å². The zero-order valence-corrected chi connectivity index (χ0v) is 15.0. The summed E-state index contributed by atoms with van der Waals surface area (Å²) < 4.78 is 22.2. The van der Waals surface area contributed by atoms with Gasteiger partial charge in [-0.05, 0) is 0 Å². The van der Waals surface area contributed by atoms with Crippen molar-refractivity contribution in [3.8, 4) is 0 Å². The molecule has 3 atom stereocenters. The van der Waals surface area contributed by atoms with Gasteiger partial charge in [0.1, 0.15) is 24.9 Å². The fourth-order valence-corrected chi connectivity index (χ4v) is 1.85. The number of aliphatic hydroxyl groups excluding tert-OH is 5. The van der Waals surface area contributed by atoms with E-state index in [-0.39, 0.29) is 29.6 Å². The zero-order valence-electron chi connectivity index (χ0n) is 11.2. The summed E-state index contributed by atoms with van der Waals surface area (Å²) >= 11 is 0. The van der Waals surface area contributed by atoms with E-state index >= 15 is 0 Å². The second-order valence-electron chi connectivity index (χ2n) is 3.37. The molecule has 128 valence electrons. The summed E-state index contributed by atoms with van der Waals surface area (Å²) in [5.74, 6) is -1.00. The van der Waals surface area contributed by atoms with Crippen molar-refractivity contribution >= 4 is 21.4 Å². The van der Waals surface area contributed by atoms with Gasteiger partial charge in [-0.2, -0.15) is 4.31 Å². The van der Waals surface area contributed by atoms with E-state index in [9.17, 15) is 13.9 Å². The quantitative estimate of drug-likeness (QED) is 0.147. The molecule has 0 bridgehead atoms. The van der Waals surface area contributed by atoms with Crippen LogP contribution in [0.5, 0.6) is 0 Å². The summed E-state index contributed by atoms with van der Waals surface area (Å²) in [6.07, 6.45) is -5.22. The maximum Gasteiger partial charge on any atom is 1.00 e. The van der Waals surface area contributed by atoms with Gasteiger partial charge in [0.2, 0.25) is 0 Å². The van der Waals surface area contributed by atoms with Crippen LogP contribution >= 0.6 is 15.6 Å². The Morgan fingerprint density at radius 3 is 1.50 bits per heavy atom. The molecule has 0 aliphatic rings. The molecule has 0 aliphatic heterocycles. The molecule has 0 aromatic rings. The van der Waals surface area contributed by atoms with Crippen molar-refractivity contribution in [2.24, 2.45) is 0 Å². The van der Waals surface area contributed by atoms with E-state index in [1.165, 1.54) is 0 Å². The van der Waals surface area contributed by atoms with Gasteiger partial charge in [-0.1, -0.05) is 0 Å². The van der Waals surface area contributed by atoms with Crippen LogP contribution in [0, 0.1) is 0 Å². The fraction of sp³-hybridized carbons (Fsp3) is 0.833. The van der Waals surface area contributed by atoms with E-state index in [1.807, 2.05) is 0 Å². The van der Waals surface area contributed by atoms with Crippen molar-refractivity contribution in [1.29, 1.82) is 0 Å². The summed E-state index contributed by atoms with van der Waals surface area (Å²) in [5.41, 5.74) is 0. The van der Waals surface area contributed by atoms with Crippen molar-refractivity contribution < 1.29 is 92.9 Å². The van der Waals surface area contributed by atoms with Gasteiger partial charge in [0, 0.05) is 0 Å². The predicted molar refractivity (Wildman–Crippen MR) is 62.4 cm³/mol. The smallest absolute Gasteiger partial charge is 0.394 e. The molecule has 0 aromatic carbocycles. The second kappa shape index (κ2) is 12.1. The Morgan fingerprint density at radius 1 is 0.955 bits per heavy atom. The average molecular weight is 381 g/mol. The van der Waals surface area contributed by atoms with Crippen LogP contribution in [0.1, 0.15) is 0 Å². The number of ketones is 1. The monoisotopic (exact) mass is 381 g/mol. The predicted octanol–water partition coefficient (Wildman–Crippen LogP) is -7.18. The van der Waals surface area contributed by atoms with Gasteiger partial charge in [0.05, 0.1) is 6.61 Å². The van der Waals surface area contributed by atoms with E-state index in [0.717, 1.165) is 0 Å². The first-order valence-electron chi connectivity index (χ1n) is 4.86. The molecule has 16 heteroatoms. The van der Waals surface area contributed by atoms with Crippen molar-refractivity contribution in [1.82, 2.24) is 0 Å². The van der Waals surface area contributed by atoms with Gasteiger partial charge in [0.25, 0.3) is 0 Å². The molecule has 0 fully saturated rings. The minimum Gasteiger partial charge on any atom is -0.394 e. The van der Waals surface area contributed by atoms with Crippen LogP contribution in [0.4, 0.5) is 0 Å². The Hall–Kier alpha value is 0.730. The van der Waals surface area contributed by atoms with Crippen LogP contribution in [-0.4, -0.2) is 82.4 Å². The molecule has 0 radical (unpaired) electrons. The Morgan fingerprint density at radius 2 is 1.32 bits per heavy atom. The molecule has 0 amide bonds. The van der Waals surface area contributed by atoms with E-state index in [2.05, 4.69) is 4.31 Å². The van der Waals surface area contributed by atoms with Crippen molar-refractivity contribution in [3.63, 3.8) is 0 Å². The zero-order chi connectivity index (χ0) is 17.4. The topological polar surface area (TPSA) is 243 Å². The molecular weight excluding hydrogens is 365 g/mol. The maximum atomic E-state index is 10.5. The Bertz CT molecular complexity index is 383. The largest absolute Gasteiger partial charge is 1.00 e. The molecule has 0 aliphatic carbocycles. The van der Waals surface area contributed by atoms with Gasteiger partial charge in [-0.3, -0.25) is 4.79 Å². The van der Waals surface area contributed by atoms with Gasteiger partial charge in [-0.15, -0.1) is 0 Å². The summed E-state index contributed by atoms with van der Waals surface area (Å²) in [4.78, 5) is 41.5. The molecule has 0 heterocycles. The van der Waals surface area contributed by atoms with E-state index < -0.39 is 53.0 Å². The number of rotatable bonds is 7. The third-order valence-electron chi connectivity index (χ3n) is 1.60. The van der Waals surface area contributed by atoms with Crippen LogP contribution in [0.3, 0.4) is 0 Å². The molecule has 22 heavy (non-hydrogen) atoms.